The molecule has 0 aromatic heterocycles. The number of hydrogen-bond donors (Lipinski definition) is 2. The van der Waals surface area contributed by atoms with E-state index in [0.29, 0.717) is 0 Å². The lowest BCUT2D eigenvalue weighted by molar-refractivity contribution is 0.0896. The summed E-state index contributed by atoms with van der Waals surface area (Å²) in [4.78, 5) is 0. The fraction of sp³-hybridized carbons (Fsp3) is 0.200. The Kier molecular flexibility index (Phi) is 3.27. The number of aryl methyl sites for hydroxylation is 1. The summed E-state index contributed by atoms with van der Waals surface area (Å²) in [5.74, 6) is 0. The zero-order chi connectivity index (χ0) is 12.3. The van der Waals surface area contributed by atoms with E-state index >= 15 is 0 Å². The van der Waals surface area contributed by atoms with Crippen molar-refractivity contribution in [2.45, 2.75) is 12.5 Å². The summed E-state index contributed by atoms with van der Waals surface area (Å²) in [6.45, 7) is 2.15. The average Bonchev–Trinajstić information content (AvgIpc) is 2.39. The smallest absolute Gasteiger partial charge is 0.127 e. The molecule has 0 radical (unpaired) electrons. The molecular formula is C15H17NO. The minimum absolute atomic E-state index is 0.169. The molecule has 0 saturated heterocycles. The summed E-state index contributed by atoms with van der Waals surface area (Å²) in [6, 6.07) is 17.3. The predicted octanol–water partition coefficient (Wildman–Crippen LogP) is 2.19. The van der Waals surface area contributed by atoms with Gasteiger partial charge in [0.25, 0.3) is 0 Å². The van der Waals surface area contributed by atoms with Gasteiger partial charge in [0, 0.05) is 6.54 Å². The first-order chi connectivity index (χ1) is 8.18. The van der Waals surface area contributed by atoms with Gasteiger partial charge in [0.1, 0.15) is 5.60 Å². The van der Waals surface area contributed by atoms with Crippen LogP contribution < -0.4 is 5.73 Å². The van der Waals surface area contributed by atoms with Gasteiger partial charge in [-0.05, 0) is 23.6 Å². The highest BCUT2D eigenvalue weighted by Gasteiger charge is 2.30. The van der Waals surface area contributed by atoms with Gasteiger partial charge in [0.2, 0.25) is 0 Å². The second kappa shape index (κ2) is 4.70. The molecule has 0 amide bonds. The van der Waals surface area contributed by atoms with E-state index < -0.39 is 5.60 Å². The molecule has 2 aromatic rings. The van der Waals surface area contributed by atoms with E-state index in [1.807, 2.05) is 61.5 Å². The van der Waals surface area contributed by atoms with Gasteiger partial charge in [-0.15, -0.1) is 0 Å². The SMILES string of the molecule is Cc1ccccc1C(O)(CN)c1ccccc1. The van der Waals surface area contributed by atoms with Crippen LogP contribution in [-0.4, -0.2) is 11.7 Å². The molecule has 3 N–H and O–H groups in total. The molecule has 0 aliphatic heterocycles. The summed E-state index contributed by atoms with van der Waals surface area (Å²) in [7, 11) is 0. The zero-order valence-corrected chi connectivity index (χ0v) is 9.93. The minimum atomic E-state index is -1.10. The zero-order valence-electron chi connectivity index (χ0n) is 9.93. The maximum Gasteiger partial charge on any atom is 0.127 e. The highest BCUT2D eigenvalue weighted by Crippen LogP contribution is 2.30. The second-order valence-corrected chi connectivity index (χ2v) is 4.25. The Morgan fingerprint density at radius 2 is 1.59 bits per heavy atom. The molecule has 0 bridgehead atoms. The molecule has 0 aliphatic carbocycles. The van der Waals surface area contributed by atoms with Gasteiger partial charge in [-0.2, -0.15) is 0 Å². The van der Waals surface area contributed by atoms with Crippen LogP contribution >= 0.6 is 0 Å². The van der Waals surface area contributed by atoms with E-state index in [0.717, 1.165) is 16.7 Å². The molecule has 17 heavy (non-hydrogen) atoms. The Morgan fingerprint density at radius 3 is 2.18 bits per heavy atom. The van der Waals surface area contributed by atoms with Crippen LogP contribution in [0.1, 0.15) is 16.7 Å². The minimum Gasteiger partial charge on any atom is -0.379 e. The van der Waals surface area contributed by atoms with Crippen LogP contribution in [0.5, 0.6) is 0 Å². The molecule has 0 saturated carbocycles. The maximum absolute atomic E-state index is 10.8. The predicted molar refractivity (Wildman–Crippen MR) is 69.7 cm³/mol. The fourth-order valence-corrected chi connectivity index (χ4v) is 2.13. The molecule has 0 aliphatic rings. The first-order valence-electron chi connectivity index (χ1n) is 5.72. The summed E-state index contributed by atoms with van der Waals surface area (Å²) in [5, 5.41) is 10.8. The molecular weight excluding hydrogens is 210 g/mol. The molecule has 2 heteroatoms. The Bertz CT molecular complexity index is 495. The lowest BCUT2D eigenvalue weighted by Gasteiger charge is -2.29. The first kappa shape index (κ1) is 11.8. The molecule has 0 spiro atoms. The molecule has 1 unspecified atom stereocenters. The van der Waals surface area contributed by atoms with E-state index in [4.69, 9.17) is 5.73 Å². The molecule has 2 aromatic carbocycles. The van der Waals surface area contributed by atoms with Gasteiger partial charge in [0.05, 0.1) is 0 Å². The Hall–Kier alpha value is -1.64. The summed E-state index contributed by atoms with van der Waals surface area (Å²) >= 11 is 0. The monoisotopic (exact) mass is 227 g/mol. The number of rotatable bonds is 3. The van der Waals surface area contributed by atoms with Crippen molar-refractivity contribution in [1.82, 2.24) is 0 Å². The van der Waals surface area contributed by atoms with Crippen molar-refractivity contribution in [3.05, 3.63) is 71.3 Å². The third-order valence-electron chi connectivity index (χ3n) is 3.14. The lowest BCUT2D eigenvalue weighted by Crippen LogP contribution is -2.36. The van der Waals surface area contributed by atoms with Crippen LogP contribution in [0.4, 0.5) is 0 Å². The van der Waals surface area contributed by atoms with Crippen molar-refractivity contribution in [2.75, 3.05) is 6.54 Å². The van der Waals surface area contributed by atoms with Crippen LogP contribution in [0.3, 0.4) is 0 Å². The number of benzene rings is 2. The molecule has 0 fully saturated rings. The topological polar surface area (TPSA) is 46.2 Å². The Morgan fingerprint density at radius 1 is 1.00 bits per heavy atom. The van der Waals surface area contributed by atoms with Crippen LogP contribution in [0.2, 0.25) is 0 Å². The third kappa shape index (κ3) is 2.09. The van der Waals surface area contributed by atoms with Crippen molar-refractivity contribution in [3.63, 3.8) is 0 Å². The van der Waals surface area contributed by atoms with Crippen molar-refractivity contribution < 1.29 is 5.11 Å². The van der Waals surface area contributed by atoms with Crippen LogP contribution in [0.15, 0.2) is 54.6 Å². The number of nitrogens with two attached hydrogens (primary N) is 1. The first-order valence-corrected chi connectivity index (χ1v) is 5.72. The van der Waals surface area contributed by atoms with Crippen LogP contribution in [0, 0.1) is 6.92 Å². The van der Waals surface area contributed by atoms with Gasteiger partial charge in [-0.1, -0.05) is 54.6 Å². The molecule has 0 heterocycles. The standard InChI is InChI=1S/C15H17NO/c1-12-7-5-6-10-14(12)15(17,11-16)13-8-3-2-4-9-13/h2-10,17H,11,16H2,1H3. The number of hydrogen-bond acceptors (Lipinski definition) is 2. The van der Waals surface area contributed by atoms with Gasteiger partial charge >= 0.3 is 0 Å². The highest BCUT2D eigenvalue weighted by molar-refractivity contribution is 5.40. The largest absolute Gasteiger partial charge is 0.379 e. The maximum atomic E-state index is 10.8. The highest BCUT2D eigenvalue weighted by atomic mass is 16.3. The summed E-state index contributed by atoms with van der Waals surface area (Å²) in [5.41, 5.74) is 7.43. The Labute approximate surface area is 102 Å². The third-order valence-corrected chi connectivity index (χ3v) is 3.14. The van der Waals surface area contributed by atoms with E-state index in [1.54, 1.807) is 0 Å². The lowest BCUT2D eigenvalue weighted by atomic mass is 9.84. The van der Waals surface area contributed by atoms with Gasteiger partial charge in [-0.3, -0.25) is 0 Å². The van der Waals surface area contributed by atoms with Gasteiger partial charge in [0.15, 0.2) is 0 Å². The number of aliphatic hydroxyl groups is 1. The molecule has 1 atom stereocenters. The normalized spacial score (nSPS) is 14.3. The molecule has 2 nitrogen and oxygen atoms in total. The van der Waals surface area contributed by atoms with Crippen LogP contribution in [0.25, 0.3) is 0 Å². The van der Waals surface area contributed by atoms with Crippen LogP contribution in [-0.2, 0) is 5.60 Å². The Balaban J connectivity index is 2.56. The van der Waals surface area contributed by atoms with E-state index in [-0.39, 0.29) is 6.54 Å². The van der Waals surface area contributed by atoms with Crippen molar-refractivity contribution in [1.29, 1.82) is 0 Å². The summed E-state index contributed by atoms with van der Waals surface area (Å²) < 4.78 is 0. The quantitative estimate of drug-likeness (QED) is 0.844. The van der Waals surface area contributed by atoms with E-state index in [2.05, 4.69) is 0 Å². The second-order valence-electron chi connectivity index (χ2n) is 4.25. The molecule has 88 valence electrons. The van der Waals surface area contributed by atoms with Crippen molar-refractivity contribution >= 4 is 0 Å². The summed E-state index contributed by atoms with van der Waals surface area (Å²) in [6.07, 6.45) is 0. The van der Waals surface area contributed by atoms with Gasteiger partial charge < -0.3 is 10.8 Å². The van der Waals surface area contributed by atoms with Crippen molar-refractivity contribution in [2.24, 2.45) is 5.73 Å². The average molecular weight is 227 g/mol. The van der Waals surface area contributed by atoms with E-state index in [9.17, 15) is 5.11 Å². The van der Waals surface area contributed by atoms with Gasteiger partial charge in [-0.25, -0.2) is 0 Å². The van der Waals surface area contributed by atoms with Crippen molar-refractivity contribution in [3.8, 4) is 0 Å². The molecule has 2 rings (SSSR count). The fourth-order valence-electron chi connectivity index (χ4n) is 2.13. The van der Waals surface area contributed by atoms with E-state index in [1.165, 1.54) is 0 Å².